The van der Waals surface area contributed by atoms with E-state index < -0.39 is 18.7 Å². The van der Waals surface area contributed by atoms with Crippen LogP contribution >= 0.6 is 0 Å². The second-order valence-electron chi connectivity index (χ2n) is 4.88. The van der Waals surface area contributed by atoms with E-state index in [1.54, 1.807) is 24.3 Å². The number of halogens is 3. The maximum absolute atomic E-state index is 12.0. The lowest BCUT2D eigenvalue weighted by molar-refractivity contribution is -0.154. The van der Waals surface area contributed by atoms with E-state index >= 15 is 0 Å². The fourth-order valence-electron chi connectivity index (χ4n) is 1.75. The summed E-state index contributed by atoms with van der Waals surface area (Å²) in [5.41, 5.74) is 1.15. The van der Waals surface area contributed by atoms with Crippen LogP contribution in [0.5, 0.6) is 5.88 Å². The summed E-state index contributed by atoms with van der Waals surface area (Å²) in [6.45, 7) is -0.0181. The zero-order valence-corrected chi connectivity index (χ0v) is 12.6. The highest BCUT2D eigenvalue weighted by Gasteiger charge is 2.28. The van der Waals surface area contributed by atoms with Crippen LogP contribution in [0.2, 0.25) is 0 Å². The number of carbonyl (C=O) groups excluding carboxylic acids is 2. The van der Waals surface area contributed by atoms with Crippen molar-refractivity contribution in [2.45, 2.75) is 13.1 Å². The van der Waals surface area contributed by atoms with E-state index in [2.05, 4.69) is 15.0 Å². The van der Waals surface area contributed by atoms with Crippen LogP contribution in [0.4, 0.5) is 18.9 Å². The lowest BCUT2D eigenvalue weighted by Gasteiger charge is -2.09. The molecule has 8 heteroatoms. The molecule has 0 unspecified atom stereocenters. The molecular weight excluding hydrogens is 325 g/mol. The lowest BCUT2D eigenvalue weighted by atomic mass is 10.1. The number of nitrogens with one attached hydrogen (secondary N) is 1. The fourth-order valence-corrected chi connectivity index (χ4v) is 1.75. The van der Waals surface area contributed by atoms with Crippen molar-refractivity contribution < 1.29 is 27.5 Å². The predicted octanol–water partition coefficient (Wildman–Crippen LogP) is 3.48. The number of Topliss-reactive ketones (excluding diaryl/α,β-unsaturated/α-hetero) is 1. The third kappa shape index (κ3) is 5.08. The minimum absolute atomic E-state index is 0.0912. The largest absolute Gasteiger partial charge is 0.468 e. The first-order valence-electron chi connectivity index (χ1n) is 6.82. The maximum atomic E-state index is 12.0. The van der Waals surface area contributed by atoms with Gasteiger partial charge in [-0.05, 0) is 37.3 Å². The average Bonchev–Trinajstić information content (AvgIpc) is 2.53. The number of rotatable bonds is 5. The SMILES string of the molecule is CC(=O)c1ccc(NC(=O)c2ccc(OCC(F)(F)F)nc2)cc1. The molecule has 0 radical (unpaired) electrons. The summed E-state index contributed by atoms with van der Waals surface area (Å²) in [6, 6.07) is 8.78. The minimum Gasteiger partial charge on any atom is -0.468 e. The number of pyridine rings is 1. The van der Waals surface area contributed by atoms with Crippen molar-refractivity contribution in [3.8, 4) is 5.88 Å². The number of carbonyl (C=O) groups is 2. The van der Waals surface area contributed by atoms with Crippen LogP contribution in [0.25, 0.3) is 0 Å². The van der Waals surface area contributed by atoms with E-state index in [4.69, 9.17) is 0 Å². The smallest absolute Gasteiger partial charge is 0.422 e. The summed E-state index contributed by atoms with van der Waals surface area (Å²) in [5, 5.41) is 2.59. The summed E-state index contributed by atoms with van der Waals surface area (Å²) in [5.74, 6) is -0.804. The maximum Gasteiger partial charge on any atom is 0.422 e. The molecule has 0 aliphatic rings. The van der Waals surface area contributed by atoms with Gasteiger partial charge in [-0.15, -0.1) is 0 Å². The van der Waals surface area contributed by atoms with Crippen molar-refractivity contribution in [2.24, 2.45) is 0 Å². The summed E-state index contributed by atoms with van der Waals surface area (Å²) in [6.07, 6.45) is -3.34. The van der Waals surface area contributed by atoms with Gasteiger partial charge >= 0.3 is 6.18 Å². The minimum atomic E-state index is -4.45. The highest BCUT2D eigenvalue weighted by molar-refractivity contribution is 6.04. The van der Waals surface area contributed by atoms with Gasteiger partial charge in [0.15, 0.2) is 12.4 Å². The number of ketones is 1. The van der Waals surface area contributed by atoms with Gasteiger partial charge in [-0.3, -0.25) is 9.59 Å². The Morgan fingerprint density at radius 1 is 1.08 bits per heavy atom. The van der Waals surface area contributed by atoms with E-state index in [0.717, 1.165) is 6.20 Å². The Bertz CT molecular complexity index is 726. The highest BCUT2D eigenvalue weighted by atomic mass is 19.4. The van der Waals surface area contributed by atoms with Crippen molar-refractivity contribution in [2.75, 3.05) is 11.9 Å². The number of ether oxygens (including phenoxy) is 1. The number of aromatic nitrogens is 1. The van der Waals surface area contributed by atoms with Crippen LogP contribution in [-0.4, -0.2) is 29.5 Å². The Balaban J connectivity index is 1.98. The van der Waals surface area contributed by atoms with Gasteiger partial charge in [0, 0.05) is 23.5 Å². The third-order valence-corrected chi connectivity index (χ3v) is 2.93. The quantitative estimate of drug-likeness (QED) is 0.848. The summed E-state index contributed by atoms with van der Waals surface area (Å²) in [7, 11) is 0. The number of nitrogens with zero attached hydrogens (tertiary/aromatic N) is 1. The standard InChI is InChI=1S/C16H13F3N2O3/c1-10(22)11-2-5-13(6-3-11)21-15(23)12-4-7-14(20-8-12)24-9-16(17,18)19/h2-8H,9H2,1H3,(H,21,23). The van der Waals surface area contributed by atoms with Crippen molar-refractivity contribution >= 4 is 17.4 Å². The van der Waals surface area contributed by atoms with Crippen molar-refractivity contribution in [3.05, 3.63) is 53.7 Å². The van der Waals surface area contributed by atoms with Crippen LogP contribution in [0.3, 0.4) is 0 Å². The van der Waals surface area contributed by atoms with Gasteiger partial charge < -0.3 is 10.1 Å². The molecule has 1 aromatic carbocycles. The zero-order valence-electron chi connectivity index (χ0n) is 12.6. The normalized spacial score (nSPS) is 11.0. The number of hydrogen-bond donors (Lipinski definition) is 1. The Kier molecular flexibility index (Phi) is 5.18. The molecule has 0 saturated carbocycles. The average molecular weight is 338 g/mol. The lowest BCUT2D eigenvalue weighted by Crippen LogP contribution is -2.19. The molecule has 0 aliphatic heterocycles. The predicted molar refractivity (Wildman–Crippen MR) is 80.2 cm³/mol. The van der Waals surface area contributed by atoms with E-state index in [-0.39, 0.29) is 17.2 Å². The van der Waals surface area contributed by atoms with Gasteiger partial charge in [0.1, 0.15) is 0 Å². The second-order valence-corrected chi connectivity index (χ2v) is 4.88. The molecule has 0 spiro atoms. The number of alkyl halides is 3. The van der Waals surface area contributed by atoms with Crippen LogP contribution in [0.15, 0.2) is 42.6 Å². The van der Waals surface area contributed by atoms with Gasteiger partial charge in [-0.25, -0.2) is 4.98 Å². The molecule has 1 aromatic heterocycles. The molecule has 126 valence electrons. The van der Waals surface area contributed by atoms with Crippen LogP contribution in [0.1, 0.15) is 27.6 Å². The molecular formula is C16H13F3N2O3. The van der Waals surface area contributed by atoms with E-state index in [1.807, 2.05) is 0 Å². The zero-order chi connectivity index (χ0) is 17.7. The molecule has 5 nitrogen and oxygen atoms in total. The third-order valence-electron chi connectivity index (χ3n) is 2.93. The van der Waals surface area contributed by atoms with Crippen LogP contribution in [0, 0.1) is 0 Å². The van der Waals surface area contributed by atoms with Crippen molar-refractivity contribution in [3.63, 3.8) is 0 Å². The Hall–Kier alpha value is -2.90. The second kappa shape index (κ2) is 7.12. The highest BCUT2D eigenvalue weighted by Crippen LogP contribution is 2.17. The van der Waals surface area contributed by atoms with Crippen LogP contribution in [-0.2, 0) is 0 Å². The molecule has 0 bridgehead atoms. The first kappa shape index (κ1) is 17.5. The molecule has 24 heavy (non-hydrogen) atoms. The number of anilines is 1. The first-order chi connectivity index (χ1) is 11.2. The molecule has 0 saturated heterocycles. The summed E-state index contributed by atoms with van der Waals surface area (Å²) >= 11 is 0. The van der Waals surface area contributed by atoms with E-state index in [0.29, 0.717) is 11.3 Å². The molecule has 1 heterocycles. The van der Waals surface area contributed by atoms with Gasteiger partial charge in [0.25, 0.3) is 5.91 Å². The number of amides is 1. The first-order valence-corrected chi connectivity index (χ1v) is 6.82. The Labute approximate surface area is 135 Å². The number of hydrogen-bond acceptors (Lipinski definition) is 4. The van der Waals surface area contributed by atoms with Crippen molar-refractivity contribution in [1.82, 2.24) is 4.98 Å². The van der Waals surface area contributed by atoms with Gasteiger partial charge in [-0.1, -0.05) is 0 Å². The number of benzene rings is 1. The van der Waals surface area contributed by atoms with Gasteiger partial charge in [-0.2, -0.15) is 13.2 Å². The molecule has 0 aliphatic carbocycles. The fraction of sp³-hybridized carbons (Fsp3) is 0.188. The van der Waals surface area contributed by atoms with Gasteiger partial charge in [0.2, 0.25) is 5.88 Å². The summed E-state index contributed by atoms with van der Waals surface area (Å²) < 4.78 is 40.6. The molecule has 0 atom stereocenters. The van der Waals surface area contributed by atoms with E-state index in [1.165, 1.54) is 19.1 Å². The molecule has 2 aromatic rings. The molecule has 1 amide bonds. The monoisotopic (exact) mass is 338 g/mol. The van der Waals surface area contributed by atoms with Gasteiger partial charge in [0.05, 0.1) is 5.56 Å². The summed E-state index contributed by atoms with van der Waals surface area (Å²) in [4.78, 5) is 26.8. The van der Waals surface area contributed by atoms with Crippen LogP contribution < -0.4 is 10.1 Å². The Morgan fingerprint density at radius 3 is 2.21 bits per heavy atom. The van der Waals surface area contributed by atoms with E-state index in [9.17, 15) is 22.8 Å². The van der Waals surface area contributed by atoms with Crippen molar-refractivity contribution in [1.29, 1.82) is 0 Å². The Morgan fingerprint density at radius 2 is 1.71 bits per heavy atom. The molecule has 1 N–H and O–H groups in total. The molecule has 2 rings (SSSR count). The topological polar surface area (TPSA) is 68.3 Å². The molecule has 0 fully saturated rings.